The van der Waals surface area contributed by atoms with Crippen LogP contribution in [0, 0.1) is 0 Å². The van der Waals surface area contributed by atoms with E-state index in [1.165, 1.54) is 0 Å². The lowest BCUT2D eigenvalue weighted by Gasteiger charge is -2.39. The lowest BCUT2D eigenvalue weighted by Crippen LogP contribution is -2.49. The van der Waals surface area contributed by atoms with Gasteiger partial charge in [0.2, 0.25) is 0 Å². The molecule has 0 saturated carbocycles. The predicted octanol–water partition coefficient (Wildman–Crippen LogP) is 2.50. The van der Waals surface area contributed by atoms with Crippen LogP contribution >= 0.6 is 0 Å². The van der Waals surface area contributed by atoms with E-state index in [0.717, 1.165) is 0 Å². The van der Waals surface area contributed by atoms with E-state index in [0.29, 0.717) is 6.61 Å². The highest BCUT2D eigenvalue weighted by atomic mass is 28.4. The van der Waals surface area contributed by atoms with Gasteiger partial charge in [-0.05, 0) is 18.1 Å². The van der Waals surface area contributed by atoms with Crippen molar-refractivity contribution in [2.75, 3.05) is 13.2 Å². The molecule has 1 aliphatic rings. The zero-order valence-electron chi connectivity index (χ0n) is 11.5. The summed E-state index contributed by atoms with van der Waals surface area (Å²) >= 11 is 0. The van der Waals surface area contributed by atoms with Gasteiger partial charge in [-0.3, -0.25) is 0 Å². The minimum absolute atomic E-state index is 0.113. The molecule has 1 saturated heterocycles. The summed E-state index contributed by atoms with van der Waals surface area (Å²) in [5.74, 6) is 0. The van der Waals surface area contributed by atoms with Crippen molar-refractivity contribution in [3.63, 3.8) is 0 Å². The van der Waals surface area contributed by atoms with Crippen molar-refractivity contribution in [3.05, 3.63) is 0 Å². The lowest BCUT2D eigenvalue weighted by atomic mass is 10.0. The summed E-state index contributed by atoms with van der Waals surface area (Å²) in [7, 11) is -1.85. The van der Waals surface area contributed by atoms with E-state index in [2.05, 4.69) is 33.9 Å². The van der Waals surface area contributed by atoms with E-state index >= 15 is 0 Å². The number of aliphatic hydroxyl groups excluding tert-OH is 1. The predicted molar refractivity (Wildman–Crippen MR) is 68.4 cm³/mol. The molecule has 5 heteroatoms. The Morgan fingerprint density at radius 3 is 2.53 bits per heavy atom. The molecule has 0 spiro atoms. The molecule has 1 fully saturated rings. The van der Waals surface area contributed by atoms with Gasteiger partial charge in [0.1, 0.15) is 18.4 Å². The zero-order valence-corrected chi connectivity index (χ0v) is 12.5. The van der Waals surface area contributed by atoms with Gasteiger partial charge in [-0.25, -0.2) is 4.39 Å². The molecule has 1 unspecified atom stereocenters. The van der Waals surface area contributed by atoms with Crippen LogP contribution < -0.4 is 0 Å². The maximum atomic E-state index is 13.3. The van der Waals surface area contributed by atoms with Crippen LogP contribution in [0.5, 0.6) is 0 Å². The molecule has 0 aromatic carbocycles. The van der Waals surface area contributed by atoms with Crippen LogP contribution in [0.3, 0.4) is 0 Å². The highest BCUT2D eigenvalue weighted by molar-refractivity contribution is 6.74. The second-order valence-corrected chi connectivity index (χ2v) is 11.1. The Balaban J connectivity index is 2.50. The van der Waals surface area contributed by atoms with E-state index in [1.807, 2.05) is 0 Å². The Kier molecular flexibility index (Phi) is 4.74. The monoisotopic (exact) mass is 264 g/mol. The number of rotatable bonds is 3. The normalized spacial score (nSPS) is 31.6. The summed E-state index contributed by atoms with van der Waals surface area (Å²) in [5, 5.41) is 9.79. The zero-order chi connectivity index (χ0) is 13.3. The molecule has 1 heterocycles. The van der Waals surface area contributed by atoms with E-state index < -0.39 is 26.7 Å². The summed E-state index contributed by atoms with van der Waals surface area (Å²) in [6.07, 6.45) is -2.48. The number of aliphatic hydroxyl groups is 1. The number of halogens is 1. The van der Waals surface area contributed by atoms with Gasteiger partial charge in [0, 0.05) is 6.42 Å². The van der Waals surface area contributed by atoms with Crippen LogP contribution in [0.2, 0.25) is 18.1 Å². The van der Waals surface area contributed by atoms with Gasteiger partial charge in [0.05, 0.1) is 13.2 Å². The molecule has 3 atom stereocenters. The Morgan fingerprint density at radius 2 is 2.00 bits per heavy atom. The Bertz CT molecular complexity index is 253. The van der Waals surface area contributed by atoms with Crippen LogP contribution in [0.15, 0.2) is 0 Å². The molecular weight excluding hydrogens is 239 g/mol. The minimum atomic E-state index is -1.85. The van der Waals surface area contributed by atoms with Crippen LogP contribution in [0.4, 0.5) is 4.39 Å². The molecule has 1 rings (SSSR count). The van der Waals surface area contributed by atoms with Crippen molar-refractivity contribution in [3.8, 4) is 0 Å². The lowest BCUT2D eigenvalue weighted by molar-refractivity contribution is -0.125. The largest absolute Gasteiger partial charge is 0.414 e. The Hall–Kier alpha value is 0.0269. The first-order valence-corrected chi connectivity index (χ1v) is 9.14. The van der Waals surface area contributed by atoms with Gasteiger partial charge in [-0.15, -0.1) is 0 Å². The van der Waals surface area contributed by atoms with Crippen molar-refractivity contribution in [2.45, 2.75) is 63.7 Å². The van der Waals surface area contributed by atoms with E-state index in [9.17, 15) is 9.50 Å². The average molecular weight is 264 g/mol. The molecule has 1 N–H and O–H groups in total. The van der Waals surface area contributed by atoms with Crippen molar-refractivity contribution < 1.29 is 18.7 Å². The molecule has 3 nitrogen and oxygen atoms in total. The molecule has 102 valence electrons. The van der Waals surface area contributed by atoms with Crippen LogP contribution in [0.25, 0.3) is 0 Å². The molecule has 0 bridgehead atoms. The number of hydrogen-bond acceptors (Lipinski definition) is 3. The maximum absolute atomic E-state index is 13.3. The quantitative estimate of drug-likeness (QED) is 0.796. The van der Waals surface area contributed by atoms with E-state index in [1.54, 1.807) is 0 Å². The molecule has 17 heavy (non-hydrogen) atoms. The van der Waals surface area contributed by atoms with E-state index in [-0.39, 0.29) is 18.1 Å². The fraction of sp³-hybridized carbons (Fsp3) is 1.00. The van der Waals surface area contributed by atoms with Gasteiger partial charge >= 0.3 is 0 Å². The highest BCUT2D eigenvalue weighted by Crippen LogP contribution is 2.36. The second kappa shape index (κ2) is 5.34. The fourth-order valence-corrected chi connectivity index (χ4v) is 2.50. The topological polar surface area (TPSA) is 38.7 Å². The second-order valence-electron chi connectivity index (χ2n) is 6.28. The number of ether oxygens (including phenoxy) is 1. The number of hydrogen-bond donors (Lipinski definition) is 1. The number of alkyl halides is 1. The summed E-state index contributed by atoms with van der Waals surface area (Å²) in [6.45, 7) is 11.4. The molecule has 0 aromatic heterocycles. The Morgan fingerprint density at radius 1 is 1.41 bits per heavy atom. The standard InChI is InChI=1S/C12H25FO3Si/c1-12(2,3)17(4,5)16-8-10-11(14)9(13)6-7-15-10/h9-11,14H,6-8H2,1-5H3/t9-,10?,11-/m0/s1. The van der Waals surface area contributed by atoms with Crippen LogP contribution in [0.1, 0.15) is 27.2 Å². The summed E-state index contributed by atoms with van der Waals surface area (Å²) in [4.78, 5) is 0. The molecular formula is C12H25FO3Si. The minimum Gasteiger partial charge on any atom is -0.414 e. The van der Waals surface area contributed by atoms with Crippen molar-refractivity contribution >= 4 is 8.32 Å². The van der Waals surface area contributed by atoms with Gasteiger partial charge in [0.15, 0.2) is 8.32 Å². The molecule has 0 aromatic rings. The van der Waals surface area contributed by atoms with Gasteiger partial charge in [-0.2, -0.15) is 0 Å². The third kappa shape index (κ3) is 3.74. The van der Waals surface area contributed by atoms with Gasteiger partial charge in [-0.1, -0.05) is 20.8 Å². The molecule has 0 amide bonds. The first-order chi connectivity index (χ1) is 7.65. The summed E-state index contributed by atoms with van der Waals surface area (Å²) in [5.41, 5.74) is 0. The molecule has 1 aliphatic heterocycles. The third-order valence-electron chi connectivity index (χ3n) is 3.89. The summed E-state index contributed by atoms with van der Waals surface area (Å²) < 4.78 is 24.6. The Labute approximate surface area is 104 Å². The first kappa shape index (κ1) is 15.1. The van der Waals surface area contributed by atoms with Gasteiger partial charge < -0.3 is 14.3 Å². The van der Waals surface area contributed by atoms with Crippen molar-refractivity contribution in [2.24, 2.45) is 0 Å². The van der Waals surface area contributed by atoms with E-state index in [4.69, 9.17) is 9.16 Å². The average Bonchev–Trinajstić information content (AvgIpc) is 2.18. The highest BCUT2D eigenvalue weighted by Gasteiger charge is 2.40. The molecule has 0 aliphatic carbocycles. The maximum Gasteiger partial charge on any atom is 0.192 e. The van der Waals surface area contributed by atoms with Crippen molar-refractivity contribution in [1.82, 2.24) is 0 Å². The van der Waals surface area contributed by atoms with Gasteiger partial charge in [0.25, 0.3) is 0 Å². The third-order valence-corrected chi connectivity index (χ3v) is 8.39. The molecule has 0 radical (unpaired) electrons. The van der Waals surface area contributed by atoms with Crippen LogP contribution in [-0.4, -0.2) is 45.0 Å². The smallest absolute Gasteiger partial charge is 0.192 e. The fourth-order valence-electron chi connectivity index (χ4n) is 1.49. The van der Waals surface area contributed by atoms with Crippen LogP contribution in [-0.2, 0) is 9.16 Å². The first-order valence-electron chi connectivity index (χ1n) is 6.23. The van der Waals surface area contributed by atoms with Crippen molar-refractivity contribution in [1.29, 1.82) is 0 Å². The SMILES string of the molecule is CC(C)(C)[Si](C)(C)OCC1OCC[C@H](F)[C@@H]1O. The summed E-state index contributed by atoms with van der Waals surface area (Å²) in [6, 6.07) is 0.